The van der Waals surface area contributed by atoms with Gasteiger partial charge in [-0.25, -0.2) is 0 Å². The molecule has 94 valence electrons. The van der Waals surface area contributed by atoms with Crippen LogP contribution in [0, 0.1) is 0 Å². The Morgan fingerprint density at radius 1 is 1.35 bits per heavy atom. The van der Waals surface area contributed by atoms with Crippen LogP contribution in [0.3, 0.4) is 0 Å². The topological polar surface area (TPSA) is 46.5 Å². The van der Waals surface area contributed by atoms with Crippen LogP contribution < -0.4 is 4.74 Å². The molecule has 1 aromatic rings. The maximum atomic E-state index is 11.9. The first-order valence-electron chi connectivity index (χ1n) is 4.50. The molecule has 3 nitrogen and oxygen atoms in total. The summed E-state index contributed by atoms with van der Waals surface area (Å²) >= 11 is 5.56. The van der Waals surface area contributed by atoms with Gasteiger partial charge in [-0.15, -0.1) is 0 Å². The number of carbonyl (C=O) groups excluding carboxylic acids is 1. The van der Waals surface area contributed by atoms with E-state index < -0.39 is 24.7 Å². The molecule has 1 N–H and O–H groups in total. The summed E-state index contributed by atoms with van der Waals surface area (Å²) in [7, 11) is 0. The van der Waals surface area contributed by atoms with Crippen LogP contribution in [0.1, 0.15) is 6.42 Å². The van der Waals surface area contributed by atoms with E-state index in [1.165, 1.54) is 24.3 Å². The Morgan fingerprint density at radius 3 is 2.35 bits per heavy atom. The predicted octanol–water partition coefficient (Wildman–Crippen LogP) is 2.56. The molecular weight excluding hydrogens is 261 g/mol. The van der Waals surface area contributed by atoms with Crippen molar-refractivity contribution in [3.63, 3.8) is 0 Å². The van der Waals surface area contributed by atoms with Crippen LogP contribution in [0.15, 0.2) is 24.3 Å². The van der Waals surface area contributed by atoms with Crippen LogP contribution in [-0.2, 0) is 4.79 Å². The largest absolute Gasteiger partial charge is 0.426 e. The lowest BCUT2D eigenvalue weighted by atomic mass is 10.2. The minimum absolute atomic E-state index is 0.0637. The van der Waals surface area contributed by atoms with Crippen molar-refractivity contribution in [3.8, 4) is 5.75 Å². The van der Waals surface area contributed by atoms with Gasteiger partial charge in [0.15, 0.2) is 6.10 Å². The quantitative estimate of drug-likeness (QED) is 0.677. The van der Waals surface area contributed by atoms with Gasteiger partial charge in [-0.05, 0) is 24.3 Å². The molecule has 1 atom stereocenters. The molecule has 0 saturated heterocycles. The van der Waals surface area contributed by atoms with Crippen molar-refractivity contribution in [2.75, 3.05) is 0 Å². The molecule has 0 spiro atoms. The molecule has 0 aliphatic rings. The van der Waals surface area contributed by atoms with E-state index in [9.17, 15) is 18.0 Å². The lowest BCUT2D eigenvalue weighted by Crippen LogP contribution is -2.32. The van der Waals surface area contributed by atoms with Crippen LogP contribution in [0.2, 0.25) is 5.02 Å². The van der Waals surface area contributed by atoms with Gasteiger partial charge in [0.2, 0.25) is 0 Å². The van der Waals surface area contributed by atoms with Gasteiger partial charge in [0.1, 0.15) is 5.75 Å². The molecular formula is C10H8ClF3O3. The van der Waals surface area contributed by atoms with Gasteiger partial charge >= 0.3 is 12.1 Å². The number of hydrogen-bond acceptors (Lipinski definition) is 3. The zero-order valence-corrected chi connectivity index (χ0v) is 9.13. The molecule has 0 heterocycles. The summed E-state index contributed by atoms with van der Waals surface area (Å²) in [5, 5.41) is 9.03. The number of rotatable bonds is 3. The molecule has 0 saturated carbocycles. The minimum atomic E-state index is -4.83. The van der Waals surface area contributed by atoms with E-state index in [1.54, 1.807) is 0 Å². The SMILES string of the molecule is O=C(CC(O)C(F)(F)F)Oc1ccc(Cl)cc1. The predicted molar refractivity (Wildman–Crippen MR) is 53.8 cm³/mol. The van der Waals surface area contributed by atoms with E-state index in [0.29, 0.717) is 5.02 Å². The number of hydrogen-bond donors (Lipinski definition) is 1. The standard InChI is InChI=1S/C10H8ClF3O3/c11-6-1-3-7(4-2-6)17-9(16)5-8(15)10(12,13)14/h1-4,8,15H,5H2. The van der Waals surface area contributed by atoms with Gasteiger partial charge < -0.3 is 9.84 Å². The fourth-order valence-electron chi connectivity index (χ4n) is 0.949. The van der Waals surface area contributed by atoms with Gasteiger partial charge in [-0.1, -0.05) is 11.6 Å². The van der Waals surface area contributed by atoms with Crippen LogP contribution in [0.4, 0.5) is 13.2 Å². The van der Waals surface area contributed by atoms with E-state index in [2.05, 4.69) is 4.74 Å². The van der Waals surface area contributed by atoms with Crippen molar-refractivity contribution < 1.29 is 27.8 Å². The first-order valence-corrected chi connectivity index (χ1v) is 4.88. The number of benzene rings is 1. The number of alkyl halides is 3. The van der Waals surface area contributed by atoms with Crippen molar-refractivity contribution >= 4 is 17.6 Å². The van der Waals surface area contributed by atoms with Crippen LogP contribution in [0.5, 0.6) is 5.75 Å². The monoisotopic (exact) mass is 268 g/mol. The molecule has 1 unspecified atom stereocenters. The highest BCUT2D eigenvalue weighted by Gasteiger charge is 2.39. The molecule has 0 amide bonds. The van der Waals surface area contributed by atoms with Crippen molar-refractivity contribution in [3.05, 3.63) is 29.3 Å². The van der Waals surface area contributed by atoms with Crippen molar-refractivity contribution in [1.29, 1.82) is 0 Å². The third kappa shape index (κ3) is 4.62. The van der Waals surface area contributed by atoms with E-state index in [-0.39, 0.29) is 5.75 Å². The summed E-state index contributed by atoms with van der Waals surface area (Å²) in [4.78, 5) is 11.0. The smallest absolute Gasteiger partial charge is 0.414 e. The second-order valence-electron chi connectivity index (χ2n) is 3.19. The number of aliphatic hydroxyl groups excluding tert-OH is 1. The fourth-order valence-corrected chi connectivity index (χ4v) is 1.08. The Balaban J connectivity index is 2.53. The molecule has 0 radical (unpaired) electrons. The average Bonchev–Trinajstić information content (AvgIpc) is 2.20. The summed E-state index contributed by atoms with van der Waals surface area (Å²) in [5.74, 6) is -1.11. The van der Waals surface area contributed by atoms with Crippen LogP contribution in [0.25, 0.3) is 0 Å². The molecule has 0 aliphatic heterocycles. The Labute approximate surface area is 99.8 Å². The van der Waals surface area contributed by atoms with E-state index in [1.807, 2.05) is 0 Å². The normalized spacial score (nSPS) is 13.2. The third-order valence-electron chi connectivity index (χ3n) is 1.78. The molecule has 1 aromatic carbocycles. The molecule has 7 heteroatoms. The van der Waals surface area contributed by atoms with Gasteiger partial charge in [-0.2, -0.15) is 13.2 Å². The van der Waals surface area contributed by atoms with E-state index >= 15 is 0 Å². The molecule has 0 fully saturated rings. The van der Waals surface area contributed by atoms with Gasteiger partial charge in [0.25, 0.3) is 0 Å². The van der Waals surface area contributed by atoms with Crippen molar-refractivity contribution in [1.82, 2.24) is 0 Å². The summed E-state index contributed by atoms with van der Waals surface area (Å²) < 4.78 is 40.4. The zero-order chi connectivity index (χ0) is 13.1. The molecule has 0 bridgehead atoms. The number of esters is 1. The molecule has 0 aliphatic carbocycles. The number of aliphatic hydroxyl groups is 1. The number of halogens is 4. The lowest BCUT2D eigenvalue weighted by Gasteiger charge is -2.13. The summed E-state index contributed by atoms with van der Waals surface area (Å²) in [5.41, 5.74) is 0. The first kappa shape index (κ1) is 13.8. The van der Waals surface area contributed by atoms with Gasteiger partial charge in [0, 0.05) is 5.02 Å². The zero-order valence-electron chi connectivity index (χ0n) is 8.37. The number of carbonyl (C=O) groups is 1. The third-order valence-corrected chi connectivity index (χ3v) is 2.04. The Hall–Kier alpha value is -1.27. The Morgan fingerprint density at radius 2 is 1.88 bits per heavy atom. The Bertz CT molecular complexity index is 389. The highest BCUT2D eigenvalue weighted by molar-refractivity contribution is 6.30. The average molecular weight is 269 g/mol. The van der Waals surface area contributed by atoms with Crippen LogP contribution in [-0.4, -0.2) is 23.4 Å². The van der Waals surface area contributed by atoms with Crippen LogP contribution >= 0.6 is 11.6 Å². The fraction of sp³-hybridized carbons (Fsp3) is 0.300. The summed E-state index contributed by atoms with van der Waals surface area (Å²) in [6.07, 6.45) is -8.70. The van der Waals surface area contributed by atoms with Gasteiger partial charge in [-0.3, -0.25) is 4.79 Å². The maximum Gasteiger partial charge on any atom is 0.414 e. The highest BCUT2D eigenvalue weighted by Crippen LogP contribution is 2.23. The number of ether oxygens (including phenoxy) is 1. The molecule has 1 rings (SSSR count). The van der Waals surface area contributed by atoms with Crippen molar-refractivity contribution in [2.24, 2.45) is 0 Å². The second kappa shape index (κ2) is 5.37. The highest BCUT2D eigenvalue weighted by atomic mass is 35.5. The Kier molecular flexibility index (Phi) is 4.36. The minimum Gasteiger partial charge on any atom is -0.426 e. The van der Waals surface area contributed by atoms with E-state index in [4.69, 9.17) is 16.7 Å². The molecule has 17 heavy (non-hydrogen) atoms. The van der Waals surface area contributed by atoms with Gasteiger partial charge in [0.05, 0.1) is 6.42 Å². The van der Waals surface area contributed by atoms with Crippen molar-refractivity contribution in [2.45, 2.75) is 18.7 Å². The van der Waals surface area contributed by atoms with E-state index in [0.717, 1.165) is 0 Å². The lowest BCUT2D eigenvalue weighted by molar-refractivity contribution is -0.207. The second-order valence-corrected chi connectivity index (χ2v) is 3.63. The first-order chi connectivity index (χ1) is 7.79. The molecule has 0 aromatic heterocycles. The summed E-state index contributed by atoms with van der Waals surface area (Å²) in [6, 6.07) is 5.51. The summed E-state index contributed by atoms with van der Waals surface area (Å²) in [6.45, 7) is 0. The maximum absolute atomic E-state index is 11.9.